The number of benzene rings is 1. The number of halogens is 1. The minimum atomic E-state index is -3.72. The molecule has 9 nitrogen and oxygen atoms in total. The Morgan fingerprint density at radius 1 is 1.29 bits per heavy atom. The van der Waals surface area contributed by atoms with Crippen molar-refractivity contribution in [3.8, 4) is 5.88 Å². The molecule has 0 bridgehead atoms. The van der Waals surface area contributed by atoms with Gasteiger partial charge in [-0.3, -0.25) is 14.3 Å². The maximum Gasteiger partial charge on any atom is 0.259 e. The summed E-state index contributed by atoms with van der Waals surface area (Å²) in [4.78, 5) is 30.1. The van der Waals surface area contributed by atoms with Crippen molar-refractivity contribution in [1.29, 1.82) is 0 Å². The normalized spacial score (nSPS) is 28.3. The van der Waals surface area contributed by atoms with Gasteiger partial charge in [0, 0.05) is 24.3 Å². The smallest absolute Gasteiger partial charge is 0.259 e. The van der Waals surface area contributed by atoms with Gasteiger partial charge in [-0.1, -0.05) is 35.9 Å². The minimum absolute atomic E-state index is 0.305. The van der Waals surface area contributed by atoms with Crippen molar-refractivity contribution in [2.24, 2.45) is 5.92 Å². The van der Waals surface area contributed by atoms with E-state index in [9.17, 15) is 18.0 Å². The molecule has 1 aromatic heterocycles. The first-order chi connectivity index (χ1) is 16.2. The van der Waals surface area contributed by atoms with Gasteiger partial charge in [-0.05, 0) is 36.8 Å². The highest BCUT2D eigenvalue weighted by atomic mass is 35.5. The summed E-state index contributed by atoms with van der Waals surface area (Å²) in [6, 6.07) is 8.74. The van der Waals surface area contributed by atoms with Crippen LogP contribution in [0.15, 0.2) is 43.0 Å². The standard InChI is InChI=1S/C23H25ClN4O5S/c1-2-14-11-23(14,22(30)28-34(31,32)16-7-8-16)27-20(29)18-10-15(12-25-18)33-21-17-6-4-3-5-13(17)9-19(24)26-21/h2-6,9,14-16,18,25H,1,7-8,10-12H2,(H,27,29)(H,28,30)/t14-,15-,18+,23-/m1/s1. The predicted octanol–water partition coefficient (Wildman–Crippen LogP) is 1.67. The molecule has 0 unspecified atom stereocenters. The first-order valence-corrected chi connectivity index (χ1v) is 13.1. The monoisotopic (exact) mass is 504 g/mol. The molecule has 5 rings (SSSR count). The zero-order valence-corrected chi connectivity index (χ0v) is 19.9. The third kappa shape index (κ3) is 4.37. The first kappa shape index (κ1) is 23.1. The third-order valence-corrected chi connectivity index (χ3v) is 8.62. The lowest BCUT2D eigenvalue weighted by atomic mass is 10.1. The fourth-order valence-electron chi connectivity index (χ4n) is 4.40. The number of amides is 2. The maximum absolute atomic E-state index is 13.0. The number of fused-ring (bicyclic) bond motifs is 1. The second-order valence-electron chi connectivity index (χ2n) is 9.09. The highest BCUT2D eigenvalue weighted by molar-refractivity contribution is 7.91. The molecule has 3 N–H and O–H groups in total. The van der Waals surface area contributed by atoms with Crippen molar-refractivity contribution < 1.29 is 22.7 Å². The molecular weight excluding hydrogens is 480 g/mol. The molecule has 1 saturated heterocycles. The van der Waals surface area contributed by atoms with Crippen LogP contribution in [0.2, 0.25) is 5.15 Å². The van der Waals surface area contributed by atoms with Gasteiger partial charge in [-0.2, -0.15) is 0 Å². The highest BCUT2D eigenvalue weighted by Crippen LogP contribution is 2.45. The van der Waals surface area contributed by atoms with Gasteiger partial charge in [0.25, 0.3) is 5.91 Å². The fourth-order valence-corrected chi connectivity index (χ4v) is 5.96. The number of aromatic nitrogens is 1. The van der Waals surface area contributed by atoms with E-state index in [4.69, 9.17) is 16.3 Å². The lowest BCUT2D eigenvalue weighted by molar-refractivity contribution is -0.130. The SMILES string of the molecule is C=C[C@@H]1C[C@]1(NC(=O)[C@@H]1C[C@@H](Oc2nc(Cl)cc3ccccc23)CN1)C(=O)NS(=O)(=O)C1CC1. The number of ether oxygens (including phenoxy) is 1. The molecule has 2 amide bonds. The summed E-state index contributed by atoms with van der Waals surface area (Å²) < 4.78 is 32.7. The molecule has 2 aromatic rings. The summed E-state index contributed by atoms with van der Waals surface area (Å²) in [5, 5.41) is 7.39. The summed E-state index contributed by atoms with van der Waals surface area (Å²) in [6.07, 6.45) is 2.96. The van der Waals surface area contributed by atoms with E-state index in [1.54, 1.807) is 12.1 Å². The van der Waals surface area contributed by atoms with Gasteiger partial charge in [0.05, 0.1) is 11.3 Å². The molecule has 4 atom stereocenters. The lowest BCUT2D eigenvalue weighted by Gasteiger charge is -2.21. The third-order valence-electron chi connectivity index (χ3n) is 6.61. The first-order valence-electron chi connectivity index (χ1n) is 11.2. The van der Waals surface area contributed by atoms with Crippen LogP contribution in [0.25, 0.3) is 10.8 Å². The van der Waals surface area contributed by atoms with Crippen LogP contribution in [-0.2, 0) is 19.6 Å². The zero-order valence-electron chi connectivity index (χ0n) is 18.3. The largest absolute Gasteiger partial charge is 0.472 e. The Kier molecular flexibility index (Phi) is 5.78. The number of nitrogens with one attached hydrogen (secondary N) is 3. The van der Waals surface area contributed by atoms with E-state index in [0.717, 1.165) is 10.8 Å². The molecule has 2 heterocycles. The van der Waals surface area contributed by atoms with E-state index in [2.05, 4.69) is 26.9 Å². The number of pyridine rings is 1. The molecule has 2 saturated carbocycles. The lowest BCUT2D eigenvalue weighted by Crippen LogP contribution is -2.55. The zero-order chi connectivity index (χ0) is 24.1. The average Bonchev–Trinajstić information content (AvgIpc) is 3.71. The minimum Gasteiger partial charge on any atom is -0.472 e. The Bertz CT molecular complexity index is 1280. The second-order valence-corrected chi connectivity index (χ2v) is 11.4. The topological polar surface area (TPSA) is 126 Å². The van der Waals surface area contributed by atoms with Crippen LogP contribution in [-0.4, -0.2) is 54.7 Å². The maximum atomic E-state index is 13.0. The highest BCUT2D eigenvalue weighted by Gasteiger charge is 2.61. The Morgan fingerprint density at radius 3 is 2.76 bits per heavy atom. The number of hydrogen-bond acceptors (Lipinski definition) is 7. The van der Waals surface area contributed by atoms with E-state index >= 15 is 0 Å². The van der Waals surface area contributed by atoms with Crippen molar-refractivity contribution in [3.63, 3.8) is 0 Å². The van der Waals surface area contributed by atoms with Gasteiger partial charge in [0.2, 0.25) is 21.8 Å². The van der Waals surface area contributed by atoms with E-state index in [0.29, 0.717) is 43.3 Å². The van der Waals surface area contributed by atoms with Gasteiger partial charge < -0.3 is 15.4 Å². The van der Waals surface area contributed by atoms with Gasteiger partial charge in [0.15, 0.2) is 0 Å². The van der Waals surface area contributed by atoms with Crippen molar-refractivity contribution in [3.05, 3.63) is 48.1 Å². The van der Waals surface area contributed by atoms with Crippen LogP contribution < -0.4 is 20.1 Å². The molecule has 2 aliphatic carbocycles. The van der Waals surface area contributed by atoms with Gasteiger partial charge in [-0.15, -0.1) is 6.58 Å². The number of carbonyl (C=O) groups is 2. The van der Waals surface area contributed by atoms with Crippen molar-refractivity contribution in [2.45, 2.75) is 48.6 Å². The molecule has 3 aliphatic rings. The average molecular weight is 505 g/mol. The molecule has 1 aliphatic heterocycles. The van der Waals surface area contributed by atoms with E-state index < -0.39 is 38.7 Å². The Hall–Kier alpha value is -2.69. The summed E-state index contributed by atoms with van der Waals surface area (Å²) in [5.41, 5.74) is -1.30. The Balaban J connectivity index is 1.24. The molecule has 0 spiro atoms. The number of sulfonamides is 1. The molecule has 1 aromatic carbocycles. The van der Waals surface area contributed by atoms with Crippen LogP contribution in [0.4, 0.5) is 0 Å². The fraction of sp³-hybridized carbons (Fsp3) is 0.435. The summed E-state index contributed by atoms with van der Waals surface area (Å²) in [5.74, 6) is -1.04. The van der Waals surface area contributed by atoms with Crippen molar-refractivity contribution >= 4 is 44.2 Å². The number of rotatable bonds is 8. The van der Waals surface area contributed by atoms with Crippen LogP contribution in [0, 0.1) is 5.92 Å². The number of nitrogens with zero attached hydrogens (tertiary/aromatic N) is 1. The molecule has 180 valence electrons. The summed E-state index contributed by atoms with van der Waals surface area (Å²) >= 11 is 6.13. The van der Waals surface area contributed by atoms with E-state index in [1.807, 2.05) is 24.3 Å². The molecule has 34 heavy (non-hydrogen) atoms. The van der Waals surface area contributed by atoms with Gasteiger partial charge in [0.1, 0.15) is 16.8 Å². The Labute approximate surface area is 202 Å². The van der Waals surface area contributed by atoms with Crippen LogP contribution in [0.5, 0.6) is 5.88 Å². The quantitative estimate of drug-likeness (QED) is 0.368. The molecule has 11 heteroatoms. The summed E-state index contributed by atoms with van der Waals surface area (Å²) in [6.45, 7) is 4.11. The van der Waals surface area contributed by atoms with Crippen LogP contribution in [0.1, 0.15) is 25.7 Å². The second kappa shape index (κ2) is 8.51. The number of carbonyl (C=O) groups excluding carboxylic acids is 2. The molecule has 0 radical (unpaired) electrons. The molecular formula is C23H25ClN4O5S. The van der Waals surface area contributed by atoms with E-state index in [-0.39, 0.29) is 12.0 Å². The van der Waals surface area contributed by atoms with Gasteiger partial charge in [-0.25, -0.2) is 13.4 Å². The van der Waals surface area contributed by atoms with E-state index in [1.165, 1.54) is 0 Å². The molecule has 3 fully saturated rings. The van der Waals surface area contributed by atoms with Crippen LogP contribution >= 0.6 is 11.6 Å². The van der Waals surface area contributed by atoms with Crippen molar-refractivity contribution in [1.82, 2.24) is 20.3 Å². The summed E-state index contributed by atoms with van der Waals surface area (Å²) in [7, 11) is -3.72. The predicted molar refractivity (Wildman–Crippen MR) is 127 cm³/mol. The van der Waals surface area contributed by atoms with Gasteiger partial charge >= 0.3 is 0 Å². The van der Waals surface area contributed by atoms with Crippen molar-refractivity contribution in [2.75, 3.05) is 6.54 Å². The number of hydrogen-bond donors (Lipinski definition) is 3. The van der Waals surface area contributed by atoms with Crippen LogP contribution in [0.3, 0.4) is 0 Å². The Morgan fingerprint density at radius 2 is 2.06 bits per heavy atom.